The van der Waals surface area contributed by atoms with Crippen molar-refractivity contribution in [3.8, 4) is 0 Å². The Morgan fingerprint density at radius 3 is 2.20 bits per heavy atom. The molecule has 1 atom stereocenters. The largest absolute Gasteiger partial charge is 0.352 e. The standard InChI is InChI=1S/C19H28ClNO3S/c1-14(2)6-7-15(3)21-18(22)19(12-4-5-13-19)25(23,24)17-10-8-16(20)9-11-17/h8-11,14-15H,4-7,12-13H2,1-3H3,(H,21,22). The minimum atomic E-state index is -3.76. The molecular weight excluding hydrogens is 358 g/mol. The molecule has 0 aromatic heterocycles. The Labute approximate surface area is 156 Å². The van der Waals surface area contributed by atoms with Crippen LogP contribution < -0.4 is 5.32 Å². The molecule has 1 aliphatic rings. The number of nitrogens with one attached hydrogen (secondary N) is 1. The van der Waals surface area contributed by atoms with Gasteiger partial charge in [0.25, 0.3) is 0 Å². The number of amides is 1. The molecular formula is C19H28ClNO3S. The first kappa shape index (κ1) is 20.2. The lowest BCUT2D eigenvalue weighted by Gasteiger charge is -2.29. The van der Waals surface area contributed by atoms with E-state index >= 15 is 0 Å². The minimum absolute atomic E-state index is 0.0345. The molecule has 1 aromatic carbocycles. The van der Waals surface area contributed by atoms with Crippen LogP contribution in [0.25, 0.3) is 0 Å². The van der Waals surface area contributed by atoms with Crippen LogP contribution in [0.3, 0.4) is 0 Å². The first-order chi connectivity index (χ1) is 11.7. The summed E-state index contributed by atoms with van der Waals surface area (Å²) < 4.78 is 25.2. The number of carbonyl (C=O) groups excluding carboxylic acids is 1. The van der Waals surface area contributed by atoms with E-state index in [4.69, 9.17) is 11.6 Å². The Bertz CT molecular complexity index is 692. The van der Waals surface area contributed by atoms with Crippen molar-refractivity contribution in [3.63, 3.8) is 0 Å². The van der Waals surface area contributed by atoms with E-state index in [0.717, 1.165) is 25.7 Å². The molecule has 140 valence electrons. The zero-order valence-corrected chi connectivity index (χ0v) is 16.8. The molecule has 0 saturated heterocycles. The van der Waals surface area contributed by atoms with Crippen LogP contribution in [0.1, 0.15) is 59.3 Å². The van der Waals surface area contributed by atoms with Gasteiger partial charge in [-0.1, -0.05) is 38.3 Å². The molecule has 25 heavy (non-hydrogen) atoms. The summed E-state index contributed by atoms with van der Waals surface area (Å²) in [5.74, 6) is 0.203. The number of carbonyl (C=O) groups is 1. The zero-order valence-electron chi connectivity index (χ0n) is 15.2. The minimum Gasteiger partial charge on any atom is -0.352 e. The van der Waals surface area contributed by atoms with E-state index in [2.05, 4.69) is 19.2 Å². The molecule has 1 N–H and O–H groups in total. The van der Waals surface area contributed by atoms with Crippen molar-refractivity contribution in [2.75, 3.05) is 0 Å². The SMILES string of the molecule is CC(C)CCC(C)NC(=O)C1(S(=O)(=O)c2ccc(Cl)cc2)CCCC1. The molecule has 1 fully saturated rings. The number of sulfone groups is 1. The van der Waals surface area contributed by atoms with Gasteiger partial charge in [-0.2, -0.15) is 0 Å². The number of hydrogen-bond donors (Lipinski definition) is 1. The van der Waals surface area contributed by atoms with Crippen molar-refractivity contribution in [3.05, 3.63) is 29.3 Å². The van der Waals surface area contributed by atoms with Crippen molar-refractivity contribution in [2.45, 2.75) is 75.0 Å². The summed E-state index contributed by atoms with van der Waals surface area (Å²) in [6, 6.07) is 6.06. The van der Waals surface area contributed by atoms with E-state index in [1.165, 1.54) is 12.1 Å². The first-order valence-corrected chi connectivity index (χ1v) is 10.9. The number of benzene rings is 1. The van der Waals surface area contributed by atoms with Crippen molar-refractivity contribution in [2.24, 2.45) is 5.92 Å². The Morgan fingerprint density at radius 2 is 1.68 bits per heavy atom. The molecule has 1 amide bonds. The van der Waals surface area contributed by atoms with Crippen LogP contribution >= 0.6 is 11.6 Å². The van der Waals surface area contributed by atoms with Gasteiger partial charge in [-0.3, -0.25) is 4.79 Å². The lowest BCUT2D eigenvalue weighted by molar-refractivity contribution is -0.124. The van der Waals surface area contributed by atoms with E-state index in [9.17, 15) is 13.2 Å². The van der Waals surface area contributed by atoms with Crippen molar-refractivity contribution in [1.29, 1.82) is 0 Å². The average molecular weight is 386 g/mol. The lowest BCUT2D eigenvalue weighted by Crippen LogP contribution is -2.52. The fraction of sp³-hybridized carbons (Fsp3) is 0.632. The average Bonchev–Trinajstić information content (AvgIpc) is 3.05. The fourth-order valence-electron chi connectivity index (χ4n) is 3.41. The van der Waals surface area contributed by atoms with Gasteiger partial charge in [0.15, 0.2) is 14.6 Å². The van der Waals surface area contributed by atoms with E-state index in [1.807, 2.05) is 6.92 Å². The van der Waals surface area contributed by atoms with Crippen LogP contribution in [0, 0.1) is 5.92 Å². The molecule has 2 rings (SSSR count). The maximum Gasteiger partial charge on any atom is 0.242 e. The van der Waals surface area contributed by atoms with Crippen molar-refractivity contribution >= 4 is 27.3 Å². The van der Waals surface area contributed by atoms with Gasteiger partial charge in [0.2, 0.25) is 5.91 Å². The van der Waals surface area contributed by atoms with Gasteiger partial charge in [-0.05, 0) is 62.8 Å². The van der Waals surface area contributed by atoms with Gasteiger partial charge in [-0.15, -0.1) is 0 Å². The summed E-state index contributed by atoms with van der Waals surface area (Å²) in [4.78, 5) is 13.2. The molecule has 1 aromatic rings. The molecule has 0 spiro atoms. The van der Waals surface area contributed by atoms with Gasteiger partial charge in [0, 0.05) is 11.1 Å². The highest BCUT2D eigenvalue weighted by Crippen LogP contribution is 2.41. The van der Waals surface area contributed by atoms with Crippen LogP contribution in [-0.4, -0.2) is 25.1 Å². The molecule has 0 radical (unpaired) electrons. The predicted molar refractivity (Wildman–Crippen MR) is 102 cm³/mol. The summed E-state index contributed by atoms with van der Waals surface area (Å²) in [6.45, 7) is 6.22. The first-order valence-electron chi connectivity index (χ1n) is 9.00. The number of hydrogen-bond acceptors (Lipinski definition) is 3. The molecule has 1 unspecified atom stereocenters. The maximum absolute atomic E-state index is 13.3. The Morgan fingerprint density at radius 1 is 1.12 bits per heavy atom. The molecule has 1 saturated carbocycles. The fourth-order valence-corrected chi connectivity index (χ4v) is 5.61. The monoisotopic (exact) mass is 385 g/mol. The summed E-state index contributed by atoms with van der Waals surface area (Å²) in [5.41, 5.74) is 0. The highest BCUT2D eigenvalue weighted by atomic mass is 35.5. The Balaban J connectivity index is 2.25. The Hall–Kier alpha value is -1.07. The Kier molecular flexibility index (Phi) is 6.55. The van der Waals surface area contributed by atoms with Gasteiger partial charge in [0.05, 0.1) is 4.90 Å². The third-order valence-corrected chi connectivity index (χ3v) is 7.79. The van der Waals surface area contributed by atoms with Crippen LogP contribution in [-0.2, 0) is 14.6 Å². The summed E-state index contributed by atoms with van der Waals surface area (Å²) >= 11 is 5.87. The summed E-state index contributed by atoms with van der Waals surface area (Å²) in [5, 5.41) is 3.44. The van der Waals surface area contributed by atoms with Gasteiger partial charge in [-0.25, -0.2) is 8.42 Å². The van der Waals surface area contributed by atoms with Crippen LogP contribution in [0.15, 0.2) is 29.2 Å². The molecule has 1 aliphatic carbocycles. The predicted octanol–water partition coefficient (Wildman–Crippen LogP) is 4.37. The smallest absolute Gasteiger partial charge is 0.242 e. The molecule has 0 aliphatic heterocycles. The van der Waals surface area contributed by atoms with Gasteiger partial charge in [0.1, 0.15) is 0 Å². The van der Waals surface area contributed by atoms with Crippen LogP contribution in [0.5, 0.6) is 0 Å². The second-order valence-corrected chi connectivity index (χ2v) is 10.2. The normalized spacial score (nSPS) is 18.3. The van der Waals surface area contributed by atoms with E-state index in [-0.39, 0.29) is 16.8 Å². The third kappa shape index (κ3) is 4.37. The van der Waals surface area contributed by atoms with E-state index in [0.29, 0.717) is 23.8 Å². The third-order valence-electron chi connectivity index (χ3n) is 5.02. The quantitative estimate of drug-likeness (QED) is 0.758. The molecule has 0 bridgehead atoms. The highest BCUT2D eigenvalue weighted by molar-refractivity contribution is 7.93. The molecule has 4 nitrogen and oxygen atoms in total. The van der Waals surface area contributed by atoms with E-state index in [1.54, 1.807) is 12.1 Å². The maximum atomic E-state index is 13.3. The van der Waals surface area contributed by atoms with Crippen molar-refractivity contribution < 1.29 is 13.2 Å². The van der Waals surface area contributed by atoms with Gasteiger partial charge < -0.3 is 5.32 Å². The van der Waals surface area contributed by atoms with Crippen LogP contribution in [0.2, 0.25) is 5.02 Å². The molecule has 6 heteroatoms. The topological polar surface area (TPSA) is 63.2 Å². The summed E-state index contributed by atoms with van der Waals surface area (Å²) in [7, 11) is -3.76. The zero-order chi connectivity index (χ0) is 18.7. The summed E-state index contributed by atoms with van der Waals surface area (Å²) in [6.07, 6.45) is 4.10. The lowest BCUT2D eigenvalue weighted by atomic mass is 10.0. The molecule has 0 heterocycles. The van der Waals surface area contributed by atoms with E-state index < -0.39 is 14.6 Å². The van der Waals surface area contributed by atoms with Crippen molar-refractivity contribution in [1.82, 2.24) is 5.32 Å². The second-order valence-electron chi connectivity index (χ2n) is 7.50. The highest BCUT2D eigenvalue weighted by Gasteiger charge is 2.53. The number of halogens is 1. The second kappa shape index (κ2) is 8.09. The van der Waals surface area contributed by atoms with Crippen LogP contribution in [0.4, 0.5) is 0 Å². The number of rotatable bonds is 7. The van der Waals surface area contributed by atoms with Gasteiger partial charge >= 0.3 is 0 Å².